The van der Waals surface area contributed by atoms with Crippen LogP contribution in [0.1, 0.15) is 85.0 Å². The predicted octanol–water partition coefficient (Wildman–Crippen LogP) is 0.147. The van der Waals surface area contributed by atoms with Crippen LogP contribution in [0.15, 0.2) is 0 Å². The monoisotopic (exact) mass is 414 g/mol. The second kappa shape index (κ2) is 8.73. The van der Waals surface area contributed by atoms with E-state index in [9.17, 15) is 20.1 Å². The van der Waals surface area contributed by atoms with Crippen molar-refractivity contribution in [3.05, 3.63) is 0 Å². The molecule has 4 nitrogen and oxygen atoms in total. The van der Waals surface area contributed by atoms with E-state index in [-0.39, 0.29) is 59.0 Å². The van der Waals surface area contributed by atoms with Gasteiger partial charge in [-0.1, -0.05) is 20.8 Å². The van der Waals surface area contributed by atoms with E-state index in [1.165, 1.54) is 25.7 Å². The molecule has 160 valence electrons. The standard InChI is InChI=1S/C24H40O4.Na/c1-14(4-7-21(27)28)17-5-6-18-22-19(9-11-24(17,18)3)23(2)10-8-16(25)12-15(23)13-20(22)26;/h14-20,22,25-26H,4-13H2,1-3H3,(H,27,28);/q;+1/p-1/t14-,15?,16-,17-,18?,19?,20-,22?,23+,24-;/m1./s1. The first-order chi connectivity index (χ1) is 13.2. The molecule has 0 aromatic carbocycles. The van der Waals surface area contributed by atoms with Crippen LogP contribution in [0.5, 0.6) is 0 Å². The van der Waals surface area contributed by atoms with Crippen molar-refractivity contribution in [2.24, 2.45) is 46.3 Å². The van der Waals surface area contributed by atoms with E-state index in [1.54, 1.807) is 0 Å². The zero-order chi connectivity index (χ0) is 20.3. The van der Waals surface area contributed by atoms with Crippen LogP contribution in [0.4, 0.5) is 0 Å². The molecule has 29 heavy (non-hydrogen) atoms. The molecule has 4 rings (SSSR count). The maximum Gasteiger partial charge on any atom is 1.00 e. The van der Waals surface area contributed by atoms with Gasteiger partial charge in [0.2, 0.25) is 0 Å². The van der Waals surface area contributed by atoms with Crippen molar-refractivity contribution < 1.29 is 49.7 Å². The van der Waals surface area contributed by atoms with Gasteiger partial charge in [0.1, 0.15) is 0 Å². The van der Waals surface area contributed by atoms with E-state index in [0.29, 0.717) is 41.9 Å². The van der Waals surface area contributed by atoms with Crippen molar-refractivity contribution >= 4 is 5.97 Å². The van der Waals surface area contributed by atoms with Crippen molar-refractivity contribution in [2.75, 3.05) is 0 Å². The third kappa shape index (κ3) is 3.99. The number of rotatable bonds is 4. The summed E-state index contributed by atoms with van der Waals surface area (Å²) in [5.74, 6) is 1.99. The first kappa shape index (κ1) is 24.0. The molecule has 4 unspecified atom stereocenters. The van der Waals surface area contributed by atoms with E-state index in [4.69, 9.17) is 0 Å². The second-order valence-electron chi connectivity index (χ2n) is 11.3. The Bertz CT molecular complexity index is 612. The number of hydrogen-bond acceptors (Lipinski definition) is 4. The van der Waals surface area contributed by atoms with Gasteiger partial charge in [-0.15, -0.1) is 0 Å². The quantitative estimate of drug-likeness (QED) is 0.642. The number of carboxylic acid groups (broad SMARTS) is 1. The summed E-state index contributed by atoms with van der Waals surface area (Å²) in [6, 6.07) is 0. The fraction of sp³-hybridized carbons (Fsp3) is 0.958. The molecule has 0 heterocycles. The minimum atomic E-state index is -0.934. The van der Waals surface area contributed by atoms with Crippen LogP contribution in [0.25, 0.3) is 0 Å². The minimum absolute atomic E-state index is 0. The molecule has 2 N–H and O–H groups in total. The first-order valence-corrected chi connectivity index (χ1v) is 11.7. The Hall–Kier alpha value is 0.390. The van der Waals surface area contributed by atoms with Gasteiger partial charge < -0.3 is 20.1 Å². The molecular weight excluding hydrogens is 375 g/mol. The van der Waals surface area contributed by atoms with Gasteiger partial charge in [-0.05, 0) is 111 Å². The number of aliphatic carboxylic acids is 1. The molecule has 4 saturated carbocycles. The largest absolute Gasteiger partial charge is 1.00 e. The van der Waals surface area contributed by atoms with Crippen LogP contribution >= 0.6 is 0 Å². The van der Waals surface area contributed by atoms with Gasteiger partial charge in [0, 0.05) is 5.97 Å². The second-order valence-corrected chi connectivity index (χ2v) is 11.3. The average molecular weight is 415 g/mol. The zero-order valence-electron chi connectivity index (χ0n) is 18.9. The summed E-state index contributed by atoms with van der Waals surface area (Å²) in [6.45, 7) is 7.11. The Morgan fingerprint density at radius 3 is 2.38 bits per heavy atom. The number of carboxylic acids is 1. The van der Waals surface area contributed by atoms with Gasteiger partial charge in [-0.25, -0.2) is 0 Å². The third-order valence-corrected chi connectivity index (χ3v) is 10.2. The molecule has 5 heteroatoms. The molecule has 0 amide bonds. The van der Waals surface area contributed by atoms with E-state index in [2.05, 4.69) is 20.8 Å². The fourth-order valence-corrected chi connectivity index (χ4v) is 8.72. The Balaban J connectivity index is 0.00000240. The molecule has 4 aliphatic rings. The Morgan fingerprint density at radius 2 is 1.69 bits per heavy atom. The Labute approximate surface area is 198 Å². The number of fused-ring (bicyclic) bond motifs is 5. The molecule has 0 aromatic heterocycles. The van der Waals surface area contributed by atoms with Crippen LogP contribution in [0.2, 0.25) is 0 Å². The summed E-state index contributed by atoms with van der Waals surface area (Å²) in [7, 11) is 0. The SMILES string of the molecule is C[C@H](CCC(=O)[O-])[C@H]1CCC2C3C(CC[C@@]21C)[C@@]1(C)CC[C@@H](O)CC1C[C@H]3O.[Na+]. The van der Waals surface area contributed by atoms with Crippen molar-refractivity contribution in [3.63, 3.8) is 0 Å². The van der Waals surface area contributed by atoms with Gasteiger partial charge >= 0.3 is 29.6 Å². The number of carbonyl (C=O) groups is 1. The summed E-state index contributed by atoms with van der Waals surface area (Å²) in [5, 5.41) is 32.4. The summed E-state index contributed by atoms with van der Waals surface area (Å²) < 4.78 is 0. The zero-order valence-corrected chi connectivity index (χ0v) is 20.9. The molecular formula is C24H39NaO4. The molecule has 0 aromatic rings. The fourth-order valence-electron chi connectivity index (χ4n) is 8.72. The number of aliphatic hydroxyl groups is 2. The molecule has 4 fully saturated rings. The van der Waals surface area contributed by atoms with Gasteiger partial charge in [0.05, 0.1) is 12.2 Å². The van der Waals surface area contributed by atoms with Gasteiger partial charge in [-0.3, -0.25) is 0 Å². The summed E-state index contributed by atoms with van der Waals surface area (Å²) >= 11 is 0. The van der Waals surface area contributed by atoms with Crippen LogP contribution in [-0.4, -0.2) is 28.4 Å². The van der Waals surface area contributed by atoms with Crippen molar-refractivity contribution in [1.29, 1.82) is 0 Å². The van der Waals surface area contributed by atoms with Crippen LogP contribution in [-0.2, 0) is 4.79 Å². The van der Waals surface area contributed by atoms with E-state index >= 15 is 0 Å². The third-order valence-electron chi connectivity index (χ3n) is 10.2. The molecule has 0 radical (unpaired) electrons. The van der Waals surface area contributed by atoms with E-state index in [0.717, 1.165) is 25.7 Å². The number of carbonyl (C=O) groups excluding carboxylic acids is 1. The molecule has 4 aliphatic carbocycles. The molecule has 0 spiro atoms. The van der Waals surface area contributed by atoms with Gasteiger partial charge in [-0.2, -0.15) is 0 Å². The maximum absolute atomic E-state index is 11.2. The van der Waals surface area contributed by atoms with E-state index < -0.39 is 5.97 Å². The predicted molar refractivity (Wildman–Crippen MR) is 106 cm³/mol. The Morgan fingerprint density at radius 1 is 1.03 bits per heavy atom. The van der Waals surface area contributed by atoms with Crippen LogP contribution in [0.3, 0.4) is 0 Å². The smallest absolute Gasteiger partial charge is 0.550 e. The van der Waals surface area contributed by atoms with Crippen LogP contribution < -0.4 is 34.7 Å². The van der Waals surface area contributed by atoms with Gasteiger partial charge in [0.15, 0.2) is 0 Å². The number of hydrogen-bond donors (Lipinski definition) is 2. The summed E-state index contributed by atoms with van der Waals surface area (Å²) in [4.78, 5) is 10.9. The minimum Gasteiger partial charge on any atom is -0.550 e. The normalized spacial score (nSPS) is 49.9. The maximum atomic E-state index is 11.2. The average Bonchev–Trinajstić information content (AvgIpc) is 2.98. The Kier molecular flexibility index (Phi) is 7.24. The molecule has 0 saturated heterocycles. The summed E-state index contributed by atoms with van der Waals surface area (Å²) in [5.41, 5.74) is 0.494. The summed E-state index contributed by atoms with van der Waals surface area (Å²) in [6.07, 6.45) is 8.91. The van der Waals surface area contributed by atoms with Crippen LogP contribution in [0, 0.1) is 46.3 Å². The molecule has 0 bridgehead atoms. The van der Waals surface area contributed by atoms with E-state index in [1.807, 2.05) is 0 Å². The molecule has 10 atom stereocenters. The molecule has 0 aliphatic heterocycles. The first-order valence-electron chi connectivity index (χ1n) is 11.7. The van der Waals surface area contributed by atoms with Crippen molar-refractivity contribution in [1.82, 2.24) is 0 Å². The van der Waals surface area contributed by atoms with Crippen molar-refractivity contribution in [2.45, 2.75) is 97.2 Å². The topological polar surface area (TPSA) is 80.6 Å². The number of aliphatic hydroxyl groups excluding tert-OH is 2. The van der Waals surface area contributed by atoms with Crippen molar-refractivity contribution in [3.8, 4) is 0 Å². The van der Waals surface area contributed by atoms with Gasteiger partial charge in [0.25, 0.3) is 0 Å².